The van der Waals surface area contributed by atoms with Gasteiger partial charge in [-0.3, -0.25) is 4.79 Å². The molecular weight excluding hydrogens is 474 g/mol. The van der Waals surface area contributed by atoms with Gasteiger partial charge in [-0.1, -0.05) is 36.7 Å². The zero-order valence-electron chi connectivity index (χ0n) is 20.2. The lowest BCUT2D eigenvalue weighted by Crippen LogP contribution is -2.60. The maximum atomic E-state index is 13.3. The summed E-state index contributed by atoms with van der Waals surface area (Å²) in [6.07, 6.45) is 6.99. The fourth-order valence-corrected chi connectivity index (χ4v) is 7.42. The number of carbonyl (C=O) groups is 2. The van der Waals surface area contributed by atoms with E-state index in [1.165, 1.54) is 6.42 Å². The van der Waals surface area contributed by atoms with Gasteiger partial charge >= 0.3 is 6.03 Å². The number of amides is 2. The number of para-hydroxylation sites is 1. The molecule has 6 nitrogen and oxygen atoms in total. The van der Waals surface area contributed by atoms with Crippen molar-refractivity contribution in [2.75, 3.05) is 0 Å². The molecule has 0 aliphatic heterocycles. The zero-order valence-corrected chi connectivity index (χ0v) is 21.0. The molecule has 3 aromatic rings. The molecule has 2 amide bonds. The van der Waals surface area contributed by atoms with Gasteiger partial charge in [-0.2, -0.15) is 0 Å². The third-order valence-corrected chi connectivity index (χ3v) is 9.02. The number of rotatable bonds is 5. The van der Waals surface area contributed by atoms with E-state index in [-0.39, 0.29) is 29.5 Å². The van der Waals surface area contributed by atoms with E-state index in [1.807, 2.05) is 34.9 Å². The molecule has 3 aliphatic rings. The summed E-state index contributed by atoms with van der Waals surface area (Å²) in [6, 6.07) is 14.8. The number of halogens is 1. The minimum absolute atomic E-state index is 0.0966. The van der Waals surface area contributed by atoms with Gasteiger partial charge in [0.1, 0.15) is 6.29 Å². The van der Waals surface area contributed by atoms with Crippen LogP contribution in [0, 0.1) is 29.1 Å². The largest absolute Gasteiger partial charge is 0.335 e. The highest BCUT2D eigenvalue weighted by atomic mass is 35.5. The fraction of sp³-hybridized carbons (Fsp3) is 0.414. The Bertz CT molecular complexity index is 1400. The molecule has 2 N–H and O–H groups in total. The number of carbonyl (C=O) groups excluding carboxylic acids is 2. The van der Waals surface area contributed by atoms with Crippen molar-refractivity contribution in [3.8, 4) is 5.69 Å². The Balaban J connectivity index is 1.22. The molecule has 0 radical (unpaired) electrons. The molecule has 36 heavy (non-hydrogen) atoms. The van der Waals surface area contributed by atoms with E-state index in [9.17, 15) is 14.4 Å². The number of nitrogens with one attached hydrogen (secondary N) is 2. The number of hydrogen-bond donors (Lipinski definition) is 2. The number of aromatic nitrogens is 1. The van der Waals surface area contributed by atoms with Crippen molar-refractivity contribution in [3.63, 3.8) is 0 Å². The first-order chi connectivity index (χ1) is 17.3. The Labute approximate surface area is 215 Å². The molecule has 3 fully saturated rings. The predicted molar refractivity (Wildman–Crippen MR) is 140 cm³/mol. The lowest BCUT2D eigenvalue weighted by Gasteiger charge is -2.51. The number of urea groups is 1. The number of fused-ring (bicyclic) bond motifs is 2. The number of pyridine rings is 1. The van der Waals surface area contributed by atoms with Crippen LogP contribution in [0.15, 0.2) is 59.5 Å². The molecule has 1 aromatic heterocycles. The highest BCUT2D eigenvalue weighted by molar-refractivity contribution is 6.31. The van der Waals surface area contributed by atoms with Gasteiger partial charge < -0.3 is 20.0 Å². The fourth-order valence-electron chi connectivity index (χ4n) is 7.25. The van der Waals surface area contributed by atoms with Gasteiger partial charge in [0.15, 0.2) is 5.43 Å². The third-order valence-electron chi connectivity index (χ3n) is 8.79. The summed E-state index contributed by atoms with van der Waals surface area (Å²) in [4.78, 5) is 38.0. The van der Waals surface area contributed by atoms with Gasteiger partial charge in [-0.05, 0) is 79.7 Å². The minimum Gasteiger partial charge on any atom is -0.335 e. The van der Waals surface area contributed by atoms with Crippen molar-refractivity contribution in [1.82, 2.24) is 15.2 Å². The third kappa shape index (κ3) is 3.92. The molecule has 3 aliphatic carbocycles. The van der Waals surface area contributed by atoms with Crippen LogP contribution in [0.3, 0.4) is 0 Å². The smallest absolute Gasteiger partial charge is 0.315 e. The second-order valence-electron chi connectivity index (χ2n) is 11.2. The monoisotopic (exact) mass is 503 g/mol. The molecule has 2 aromatic carbocycles. The predicted octanol–water partition coefficient (Wildman–Crippen LogP) is 5.08. The SMILES string of the molecule is CC1(C=O)CC2CC3C(C2)C(NC(=O)NCc2cn(-c4ccccc4)c4cc(Cl)ccc4c2=O)C3C1. The normalized spacial score (nSPS) is 30.3. The maximum Gasteiger partial charge on any atom is 0.315 e. The van der Waals surface area contributed by atoms with E-state index in [4.69, 9.17) is 11.6 Å². The highest BCUT2D eigenvalue weighted by Gasteiger charge is 2.59. The molecule has 3 saturated carbocycles. The first kappa shape index (κ1) is 23.3. The van der Waals surface area contributed by atoms with Crippen molar-refractivity contribution >= 4 is 34.8 Å². The van der Waals surface area contributed by atoms with Gasteiger partial charge in [-0.15, -0.1) is 0 Å². The van der Waals surface area contributed by atoms with Crippen LogP contribution < -0.4 is 16.1 Å². The lowest BCUT2D eigenvalue weighted by atomic mass is 9.57. The molecule has 0 spiro atoms. The summed E-state index contributed by atoms with van der Waals surface area (Å²) in [6.45, 7) is 2.19. The number of nitrogens with zero attached hydrogens (tertiary/aromatic N) is 1. The molecule has 6 rings (SSSR count). The second-order valence-corrected chi connectivity index (χ2v) is 11.6. The van der Waals surface area contributed by atoms with Crippen LogP contribution in [-0.4, -0.2) is 22.9 Å². The molecule has 6 atom stereocenters. The van der Waals surface area contributed by atoms with Crippen LogP contribution >= 0.6 is 11.6 Å². The van der Waals surface area contributed by atoms with Gasteiger partial charge in [0.25, 0.3) is 0 Å². The Morgan fingerprint density at radius 1 is 1.11 bits per heavy atom. The van der Waals surface area contributed by atoms with Crippen molar-refractivity contribution in [2.45, 2.75) is 45.2 Å². The molecule has 6 unspecified atom stereocenters. The van der Waals surface area contributed by atoms with E-state index < -0.39 is 0 Å². The lowest BCUT2D eigenvalue weighted by molar-refractivity contribution is -0.119. The highest BCUT2D eigenvalue weighted by Crippen LogP contribution is 2.61. The summed E-state index contributed by atoms with van der Waals surface area (Å²) < 4.78 is 1.94. The summed E-state index contributed by atoms with van der Waals surface area (Å²) >= 11 is 6.24. The van der Waals surface area contributed by atoms with Crippen molar-refractivity contribution in [3.05, 3.63) is 75.5 Å². The van der Waals surface area contributed by atoms with Crippen molar-refractivity contribution in [1.29, 1.82) is 0 Å². The number of hydrogen-bond acceptors (Lipinski definition) is 3. The topological polar surface area (TPSA) is 80.2 Å². The van der Waals surface area contributed by atoms with Crippen molar-refractivity contribution in [2.24, 2.45) is 29.1 Å². The summed E-state index contributed by atoms with van der Waals surface area (Å²) in [5, 5.41) is 7.22. The zero-order chi connectivity index (χ0) is 25.0. The van der Waals surface area contributed by atoms with E-state index >= 15 is 0 Å². The molecule has 0 saturated heterocycles. The summed E-state index contributed by atoms with van der Waals surface area (Å²) in [5.41, 5.74) is 1.72. The molecule has 2 bridgehead atoms. The van der Waals surface area contributed by atoms with E-state index in [0.29, 0.717) is 39.6 Å². The molecule has 7 heteroatoms. The summed E-state index contributed by atoms with van der Waals surface area (Å²) in [7, 11) is 0. The van der Waals surface area contributed by atoms with Crippen LogP contribution in [0.25, 0.3) is 16.6 Å². The first-order valence-corrected chi connectivity index (χ1v) is 13.1. The van der Waals surface area contributed by atoms with Crippen LogP contribution in [0.4, 0.5) is 4.79 Å². The second kappa shape index (κ2) is 8.77. The molecular formula is C29H30ClN3O3. The van der Waals surface area contributed by atoms with Crippen LogP contribution in [0.5, 0.6) is 0 Å². The van der Waals surface area contributed by atoms with E-state index in [0.717, 1.165) is 36.8 Å². The van der Waals surface area contributed by atoms with Crippen molar-refractivity contribution < 1.29 is 9.59 Å². The number of benzene rings is 2. The molecule has 186 valence electrons. The van der Waals surface area contributed by atoms with E-state index in [1.54, 1.807) is 24.4 Å². The maximum absolute atomic E-state index is 13.3. The Kier molecular flexibility index (Phi) is 5.67. The van der Waals surface area contributed by atoms with E-state index in [2.05, 4.69) is 17.6 Å². The molecule has 1 heterocycles. The van der Waals surface area contributed by atoms with Crippen LogP contribution in [-0.2, 0) is 11.3 Å². The quantitative estimate of drug-likeness (QED) is 0.476. The van der Waals surface area contributed by atoms with Crippen LogP contribution in [0.2, 0.25) is 5.02 Å². The van der Waals surface area contributed by atoms with Gasteiger partial charge in [0.2, 0.25) is 0 Å². The number of aldehydes is 1. The average Bonchev–Trinajstić information content (AvgIpc) is 3.17. The minimum atomic E-state index is -0.289. The Morgan fingerprint density at radius 2 is 1.89 bits per heavy atom. The standard InChI is InChI=1S/C29H30ClN3O3/c1-29(16-34)12-17-9-22-23(10-17)26(24(22)13-29)32-28(36)31-14-18-15-33(20-5-3-2-4-6-20)25-11-19(30)7-8-21(25)27(18)35/h2-8,11,15-17,22-24,26H,9-10,12-14H2,1H3,(H2,31,32,36). The van der Waals surface area contributed by atoms with Gasteiger partial charge in [0.05, 0.1) is 5.52 Å². The summed E-state index contributed by atoms with van der Waals surface area (Å²) in [5.74, 6) is 2.05. The Hall–Kier alpha value is -3.12. The van der Waals surface area contributed by atoms with Crippen LogP contribution in [0.1, 0.15) is 38.2 Å². The average molecular weight is 504 g/mol. The first-order valence-electron chi connectivity index (χ1n) is 12.8. The van der Waals surface area contributed by atoms with Gasteiger partial charge in [0, 0.05) is 45.9 Å². The van der Waals surface area contributed by atoms with Gasteiger partial charge in [-0.25, -0.2) is 4.79 Å². The Morgan fingerprint density at radius 3 is 2.67 bits per heavy atom.